The van der Waals surface area contributed by atoms with Gasteiger partial charge in [0.1, 0.15) is 11.3 Å². The number of para-hydroxylation sites is 2. The molecule has 0 fully saturated rings. The molecule has 0 radical (unpaired) electrons. The van der Waals surface area contributed by atoms with E-state index in [1.165, 1.54) is 6.21 Å². The normalized spacial score (nSPS) is 12.7. The van der Waals surface area contributed by atoms with Gasteiger partial charge in [-0.1, -0.05) is 98.1 Å². The number of fused-ring (bicyclic) bond motifs is 6. The summed E-state index contributed by atoms with van der Waals surface area (Å²) in [5.74, 6) is 0.874. The van der Waals surface area contributed by atoms with E-state index in [9.17, 15) is 0 Å². The number of aromatic nitrogens is 4. The van der Waals surface area contributed by atoms with Gasteiger partial charge < -0.3 is 9.98 Å². The van der Waals surface area contributed by atoms with Crippen molar-refractivity contribution in [3.63, 3.8) is 0 Å². The highest BCUT2D eigenvalue weighted by atomic mass is 15.2. The molecule has 0 spiro atoms. The average molecular weight is 570 g/mol. The summed E-state index contributed by atoms with van der Waals surface area (Å²) in [7, 11) is 0. The molecule has 0 amide bonds. The Kier molecular flexibility index (Phi) is 6.76. The van der Waals surface area contributed by atoms with Crippen molar-refractivity contribution in [2.75, 3.05) is 0 Å². The topological polar surface area (TPSA) is 51.5 Å². The lowest BCUT2D eigenvalue weighted by Gasteiger charge is -2.11. The van der Waals surface area contributed by atoms with Crippen molar-refractivity contribution in [2.24, 2.45) is 0 Å². The van der Waals surface area contributed by atoms with Gasteiger partial charge in [0.2, 0.25) is 0 Å². The number of allylic oxidation sites excluding steroid dienone is 8. The number of nitrogens with zero attached hydrogens (tertiary/aromatic N) is 4. The Balaban J connectivity index is 1.74. The summed E-state index contributed by atoms with van der Waals surface area (Å²) in [5, 5.41) is 11.6. The van der Waals surface area contributed by atoms with E-state index in [1.54, 1.807) is 6.08 Å². The van der Waals surface area contributed by atoms with Crippen LogP contribution in [-0.4, -0.2) is 24.9 Å². The minimum absolute atomic E-state index is 0.738. The Morgan fingerprint density at radius 1 is 0.705 bits per heavy atom. The standard InChI is InChI=1S/C39H31N5/c1-4-15-28(16-5-2)43-36-25-35-32(31-22-13-14-23-34(31)42(35)30(26-40)17-6-3)24-33(36)37-39(43)41-38(27-18-9-7-10-19-27)44(37)29-20-11-8-12-21-29/h4-26,40H,1,3H2,2H3/b16-5-,28-15+,30-17+,40-26?. The molecule has 0 aliphatic rings. The van der Waals surface area contributed by atoms with Gasteiger partial charge in [-0.05, 0) is 55.5 Å². The van der Waals surface area contributed by atoms with E-state index in [1.807, 2.05) is 49.4 Å². The predicted octanol–water partition coefficient (Wildman–Crippen LogP) is 10.0. The zero-order chi connectivity index (χ0) is 30.2. The molecule has 1 N–H and O–H groups in total. The summed E-state index contributed by atoms with van der Waals surface area (Å²) in [6, 6.07) is 33.6. The largest absolute Gasteiger partial charge is 0.308 e. The van der Waals surface area contributed by atoms with Crippen molar-refractivity contribution in [2.45, 2.75) is 6.92 Å². The Labute approximate surface area is 255 Å². The van der Waals surface area contributed by atoms with E-state index < -0.39 is 0 Å². The van der Waals surface area contributed by atoms with Crippen molar-refractivity contribution in [1.82, 2.24) is 18.7 Å². The molecule has 7 aromatic rings. The van der Waals surface area contributed by atoms with Crippen LogP contribution in [0.15, 0.2) is 147 Å². The average Bonchev–Trinajstić information content (AvgIpc) is 3.70. The monoisotopic (exact) mass is 569 g/mol. The molecular weight excluding hydrogens is 538 g/mol. The first kappa shape index (κ1) is 26.9. The van der Waals surface area contributed by atoms with Crippen LogP contribution in [-0.2, 0) is 0 Å². The van der Waals surface area contributed by atoms with Crippen LogP contribution < -0.4 is 0 Å². The maximum atomic E-state index is 8.25. The predicted molar refractivity (Wildman–Crippen MR) is 188 cm³/mol. The van der Waals surface area contributed by atoms with Gasteiger partial charge in [-0.15, -0.1) is 0 Å². The molecule has 0 saturated carbocycles. The highest BCUT2D eigenvalue weighted by Gasteiger charge is 2.25. The van der Waals surface area contributed by atoms with Gasteiger partial charge in [0.25, 0.3) is 0 Å². The molecule has 4 aromatic carbocycles. The van der Waals surface area contributed by atoms with E-state index in [4.69, 9.17) is 10.4 Å². The van der Waals surface area contributed by atoms with Gasteiger partial charge in [0.15, 0.2) is 5.65 Å². The van der Waals surface area contributed by atoms with Gasteiger partial charge in [-0.3, -0.25) is 9.13 Å². The van der Waals surface area contributed by atoms with Crippen molar-refractivity contribution in [3.05, 3.63) is 147 Å². The van der Waals surface area contributed by atoms with Crippen molar-refractivity contribution < 1.29 is 0 Å². The molecule has 0 saturated heterocycles. The second-order valence-electron chi connectivity index (χ2n) is 10.5. The van der Waals surface area contributed by atoms with Crippen LogP contribution in [0.5, 0.6) is 0 Å². The summed E-state index contributed by atoms with van der Waals surface area (Å²) in [6.45, 7) is 9.95. The van der Waals surface area contributed by atoms with Crippen LogP contribution in [0.2, 0.25) is 0 Å². The number of hydrogen-bond acceptors (Lipinski definition) is 2. The fourth-order valence-corrected chi connectivity index (χ4v) is 6.25. The van der Waals surface area contributed by atoms with Crippen LogP contribution in [0.4, 0.5) is 0 Å². The molecule has 3 heterocycles. The third-order valence-electron chi connectivity index (χ3n) is 7.98. The van der Waals surface area contributed by atoms with Crippen molar-refractivity contribution in [3.8, 4) is 17.1 Å². The molecule has 0 aliphatic heterocycles. The molecular formula is C39H31N5. The third-order valence-corrected chi connectivity index (χ3v) is 7.98. The summed E-state index contributed by atoms with van der Waals surface area (Å²) >= 11 is 0. The van der Waals surface area contributed by atoms with E-state index in [-0.39, 0.29) is 0 Å². The number of imidazole rings is 1. The number of rotatable bonds is 8. The lowest BCUT2D eigenvalue weighted by molar-refractivity contribution is 1.10. The summed E-state index contributed by atoms with van der Waals surface area (Å²) in [5.41, 5.74) is 8.70. The summed E-state index contributed by atoms with van der Waals surface area (Å²) in [6.07, 6.45) is 12.9. The molecule has 212 valence electrons. The molecule has 3 aromatic heterocycles. The zero-order valence-electron chi connectivity index (χ0n) is 24.5. The minimum Gasteiger partial charge on any atom is -0.308 e. The van der Waals surface area contributed by atoms with Crippen molar-refractivity contribution >= 4 is 61.5 Å². The Bertz CT molecular complexity index is 2320. The molecule has 44 heavy (non-hydrogen) atoms. The first-order chi connectivity index (χ1) is 21.7. The number of benzene rings is 4. The molecule has 0 atom stereocenters. The van der Waals surface area contributed by atoms with Gasteiger partial charge in [0, 0.05) is 39.3 Å². The lowest BCUT2D eigenvalue weighted by atomic mass is 10.1. The Morgan fingerprint density at radius 3 is 2.07 bits per heavy atom. The van der Waals surface area contributed by atoms with E-state index in [0.717, 1.165) is 72.3 Å². The maximum Gasteiger partial charge on any atom is 0.165 e. The van der Waals surface area contributed by atoms with Crippen LogP contribution in [0.1, 0.15) is 6.92 Å². The SMILES string of the molecule is C=C/C=C(\C=N)n1c2ccccc2c2cc3c4c(nc(-c5ccccc5)n4-c4ccccc4)n(C(/C=C\C)=C/C=C)c3cc21. The van der Waals surface area contributed by atoms with Crippen LogP contribution in [0.25, 0.3) is 72.3 Å². The van der Waals surface area contributed by atoms with E-state index in [2.05, 4.69) is 112 Å². The second kappa shape index (κ2) is 11.0. The first-order valence-corrected chi connectivity index (χ1v) is 14.6. The van der Waals surface area contributed by atoms with Crippen LogP contribution in [0, 0.1) is 5.41 Å². The quantitative estimate of drug-likeness (QED) is 0.144. The molecule has 5 nitrogen and oxygen atoms in total. The molecule has 0 bridgehead atoms. The molecule has 0 aliphatic carbocycles. The Morgan fingerprint density at radius 2 is 1.36 bits per heavy atom. The highest BCUT2D eigenvalue weighted by molar-refractivity contribution is 6.21. The molecule has 7 rings (SSSR count). The fourth-order valence-electron chi connectivity index (χ4n) is 6.25. The number of hydrogen-bond donors (Lipinski definition) is 1. The summed E-state index contributed by atoms with van der Waals surface area (Å²) < 4.78 is 6.64. The smallest absolute Gasteiger partial charge is 0.165 e. The lowest BCUT2D eigenvalue weighted by Crippen LogP contribution is -1.99. The fraction of sp³-hybridized carbons (Fsp3) is 0.0256. The van der Waals surface area contributed by atoms with Crippen LogP contribution in [0.3, 0.4) is 0 Å². The number of nitrogens with one attached hydrogen (secondary N) is 1. The third kappa shape index (κ3) is 4.09. The summed E-state index contributed by atoms with van der Waals surface area (Å²) in [4.78, 5) is 5.37. The van der Waals surface area contributed by atoms with Crippen LogP contribution >= 0.6 is 0 Å². The van der Waals surface area contributed by atoms with E-state index in [0.29, 0.717) is 0 Å². The minimum atomic E-state index is 0.738. The van der Waals surface area contributed by atoms with Crippen molar-refractivity contribution in [1.29, 1.82) is 5.41 Å². The zero-order valence-corrected chi connectivity index (χ0v) is 24.5. The van der Waals surface area contributed by atoms with Gasteiger partial charge >= 0.3 is 0 Å². The second-order valence-corrected chi connectivity index (χ2v) is 10.5. The molecule has 0 unspecified atom stereocenters. The molecule has 5 heteroatoms. The van der Waals surface area contributed by atoms with Gasteiger partial charge in [-0.2, -0.15) is 0 Å². The van der Waals surface area contributed by atoms with Gasteiger partial charge in [0.05, 0.1) is 22.2 Å². The maximum absolute atomic E-state index is 8.25. The highest BCUT2D eigenvalue weighted by Crippen LogP contribution is 2.41. The van der Waals surface area contributed by atoms with E-state index >= 15 is 0 Å². The first-order valence-electron chi connectivity index (χ1n) is 14.6. The van der Waals surface area contributed by atoms with Gasteiger partial charge in [-0.25, -0.2) is 4.98 Å². The Hall–Kier alpha value is -5.94.